The largest absolute Gasteiger partial charge is 0.416 e. The monoisotopic (exact) mass is 188 g/mol. The predicted molar refractivity (Wildman–Crippen MR) is 38.0 cm³/mol. The molecule has 0 aliphatic rings. The predicted octanol–water partition coefficient (Wildman–Crippen LogP) is 3.04. The summed E-state index contributed by atoms with van der Waals surface area (Å²) in [5.41, 5.74) is 7.07. The summed E-state index contributed by atoms with van der Waals surface area (Å²) in [4.78, 5) is 5.75. The van der Waals surface area contributed by atoms with Gasteiger partial charge in [-0.25, -0.2) is 0 Å². The van der Waals surface area contributed by atoms with Crippen LogP contribution in [0.5, 0.6) is 0 Å². The summed E-state index contributed by atoms with van der Waals surface area (Å²) < 4.78 is 36.1. The van der Waals surface area contributed by atoms with Crippen LogP contribution in [-0.2, 0) is 6.18 Å². The molecule has 0 N–H and O–H groups in total. The van der Waals surface area contributed by atoms with E-state index in [2.05, 4.69) is 15.0 Å². The molecule has 0 aliphatic heterocycles. The number of azide groups is 1. The van der Waals surface area contributed by atoms with Gasteiger partial charge in [0, 0.05) is 11.1 Å². The molecule has 1 aromatic rings. The Balaban J connectivity index is 3.12. The highest BCUT2D eigenvalue weighted by molar-refractivity contribution is 5.32. The van der Waals surface area contributed by atoms with Crippen molar-refractivity contribution in [2.75, 3.05) is 0 Å². The second-order valence-electron chi connectivity index (χ2n) is 2.09. The minimum atomic E-state index is -4.44. The number of alkyl halides is 3. The number of rotatable bonds is 1. The molecule has 0 amide bonds. The van der Waals surface area contributed by atoms with Crippen LogP contribution in [-0.4, -0.2) is 4.98 Å². The third-order valence-corrected chi connectivity index (χ3v) is 1.22. The van der Waals surface area contributed by atoms with Gasteiger partial charge >= 0.3 is 6.18 Å². The lowest BCUT2D eigenvalue weighted by molar-refractivity contribution is -0.137. The molecule has 0 saturated heterocycles. The SMILES string of the molecule is [N-]=[N+]=Nc1cc(C(F)(F)F)ccn1. The zero-order chi connectivity index (χ0) is 9.90. The molecule has 0 unspecified atom stereocenters. The van der Waals surface area contributed by atoms with Crippen molar-refractivity contribution < 1.29 is 13.2 Å². The molecule has 0 fully saturated rings. The third-order valence-electron chi connectivity index (χ3n) is 1.22. The lowest BCUT2D eigenvalue weighted by Gasteiger charge is -2.05. The van der Waals surface area contributed by atoms with Crippen LogP contribution in [0.3, 0.4) is 0 Å². The Hall–Kier alpha value is -1.75. The molecular weight excluding hydrogens is 185 g/mol. The fourth-order valence-electron chi connectivity index (χ4n) is 0.695. The maximum Gasteiger partial charge on any atom is 0.416 e. The van der Waals surface area contributed by atoms with E-state index < -0.39 is 11.7 Å². The minimum Gasteiger partial charge on any atom is -0.255 e. The lowest BCUT2D eigenvalue weighted by atomic mass is 10.2. The van der Waals surface area contributed by atoms with E-state index in [1.165, 1.54) is 0 Å². The number of hydrogen-bond donors (Lipinski definition) is 0. The van der Waals surface area contributed by atoms with Gasteiger partial charge in [-0.2, -0.15) is 13.2 Å². The second-order valence-corrected chi connectivity index (χ2v) is 2.09. The quantitative estimate of drug-likeness (QED) is 0.379. The van der Waals surface area contributed by atoms with Gasteiger partial charge in [0.15, 0.2) is 0 Å². The van der Waals surface area contributed by atoms with E-state index in [1.807, 2.05) is 0 Å². The van der Waals surface area contributed by atoms with Crippen molar-refractivity contribution in [3.05, 3.63) is 34.3 Å². The Labute approximate surface area is 70.6 Å². The smallest absolute Gasteiger partial charge is 0.255 e. The van der Waals surface area contributed by atoms with Crippen molar-refractivity contribution in [2.24, 2.45) is 5.11 Å². The van der Waals surface area contributed by atoms with Crippen LogP contribution in [0.2, 0.25) is 0 Å². The van der Waals surface area contributed by atoms with Gasteiger partial charge in [0.2, 0.25) is 0 Å². The Morgan fingerprint density at radius 3 is 2.69 bits per heavy atom. The van der Waals surface area contributed by atoms with E-state index in [0.717, 1.165) is 12.3 Å². The normalized spacial score (nSPS) is 10.7. The van der Waals surface area contributed by atoms with Gasteiger partial charge in [-0.15, -0.1) is 0 Å². The van der Waals surface area contributed by atoms with E-state index in [1.54, 1.807) is 0 Å². The molecule has 0 saturated carbocycles. The maximum atomic E-state index is 12.0. The molecule has 0 spiro atoms. The number of hydrogen-bond acceptors (Lipinski definition) is 2. The first-order valence-electron chi connectivity index (χ1n) is 3.12. The molecule has 0 aromatic carbocycles. The van der Waals surface area contributed by atoms with Crippen LogP contribution < -0.4 is 0 Å². The van der Waals surface area contributed by atoms with Crippen molar-refractivity contribution in [3.8, 4) is 0 Å². The molecule has 0 atom stereocenters. The first-order chi connectivity index (χ1) is 6.04. The average molecular weight is 188 g/mol. The number of halogens is 3. The van der Waals surface area contributed by atoms with Crippen LogP contribution in [0.4, 0.5) is 19.0 Å². The minimum absolute atomic E-state index is 0.294. The lowest BCUT2D eigenvalue weighted by Crippen LogP contribution is -2.04. The van der Waals surface area contributed by atoms with E-state index in [9.17, 15) is 13.2 Å². The molecule has 1 heterocycles. The zero-order valence-corrected chi connectivity index (χ0v) is 6.15. The standard InChI is InChI=1S/C6H3F3N4/c7-6(8,9)4-1-2-11-5(3-4)12-13-10/h1-3H. The van der Waals surface area contributed by atoms with E-state index in [4.69, 9.17) is 5.53 Å². The molecule has 0 radical (unpaired) electrons. The first kappa shape index (κ1) is 9.34. The van der Waals surface area contributed by atoms with Crippen LogP contribution >= 0.6 is 0 Å². The summed E-state index contributed by atoms with van der Waals surface area (Å²) in [6.07, 6.45) is -3.50. The van der Waals surface area contributed by atoms with Crippen molar-refractivity contribution in [1.82, 2.24) is 4.98 Å². The summed E-state index contributed by atoms with van der Waals surface area (Å²) in [6.45, 7) is 0. The van der Waals surface area contributed by atoms with E-state index in [0.29, 0.717) is 6.07 Å². The third kappa shape index (κ3) is 2.34. The van der Waals surface area contributed by atoms with Crippen LogP contribution in [0.1, 0.15) is 5.56 Å². The second kappa shape index (κ2) is 3.32. The fourth-order valence-corrected chi connectivity index (χ4v) is 0.695. The number of aromatic nitrogens is 1. The number of pyridine rings is 1. The van der Waals surface area contributed by atoms with Gasteiger partial charge in [-0.1, -0.05) is 0 Å². The molecule has 7 heteroatoms. The molecule has 68 valence electrons. The Kier molecular flexibility index (Phi) is 2.39. The van der Waals surface area contributed by atoms with Gasteiger partial charge in [-0.05, 0) is 22.8 Å². The Morgan fingerprint density at radius 1 is 1.46 bits per heavy atom. The van der Waals surface area contributed by atoms with E-state index >= 15 is 0 Å². The highest BCUT2D eigenvalue weighted by atomic mass is 19.4. The van der Waals surface area contributed by atoms with Gasteiger partial charge in [0.05, 0.1) is 5.56 Å². The number of nitrogens with zero attached hydrogens (tertiary/aromatic N) is 4. The molecule has 1 rings (SSSR count). The molecule has 0 aliphatic carbocycles. The van der Waals surface area contributed by atoms with Gasteiger partial charge < -0.3 is 0 Å². The molecular formula is C6H3F3N4. The van der Waals surface area contributed by atoms with Gasteiger partial charge in [0.25, 0.3) is 0 Å². The molecule has 4 nitrogen and oxygen atoms in total. The average Bonchev–Trinajstić information content (AvgIpc) is 2.04. The van der Waals surface area contributed by atoms with Crippen LogP contribution in [0.15, 0.2) is 23.4 Å². The fraction of sp³-hybridized carbons (Fsp3) is 0.167. The van der Waals surface area contributed by atoms with Crippen LogP contribution in [0, 0.1) is 0 Å². The zero-order valence-electron chi connectivity index (χ0n) is 6.15. The molecule has 0 bridgehead atoms. The van der Waals surface area contributed by atoms with Crippen LogP contribution in [0.25, 0.3) is 10.4 Å². The van der Waals surface area contributed by atoms with E-state index in [-0.39, 0.29) is 5.82 Å². The first-order valence-corrected chi connectivity index (χ1v) is 3.12. The topological polar surface area (TPSA) is 61.7 Å². The Morgan fingerprint density at radius 2 is 2.15 bits per heavy atom. The summed E-state index contributed by atoms with van der Waals surface area (Å²) in [5, 5.41) is 2.95. The molecule has 1 aromatic heterocycles. The summed E-state index contributed by atoms with van der Waals surface area (Å²) in [7, 11) is 0. The van der Waals surface area contributed by atoms with Gasteiger partial charge in [0.1, 0.15) is 5.82 Å². The highest BCUT2D eigenvalue weighted by Gasteiger charge is 2.30. The summed E-state index contributed by atoms with van der Waals surface area (Å²) in [6, 6.07) is 1.48. The highest BCUT2D eigenvalue weighted by Crippen LogP contribution is 2.30. The maximum absolute atomic E-state index is 12.0. The summed E-state index contributed by atoms with van der Waals surface area (Å²) in [5.74, 6) is -0.294. The van der Waals surface area contributed by atoms with Crippen molar-refractivity contribution in [2.45, 2.75) is 6.18 Å². The van der Waals surface area contributed by atoms with Crippen molar-refractivity contribution in [1.29, 1.82) is 0 Å². The van der Waals surface area contributed by atoms with Gasteiger partial charge in [-0.3, -0.25) is 4.98 Å². The molecule has 13 heavy (non-hydrogen) atoms. The Bertz CT molecular complexity index is 353. The van der Waals surface area contributed by atoms with Crippen molar-refractivity contribution >= 4 is 5.82 Å². The van der Waals surface area contributed by atoms with Crippen molar-refractivity contribution in [3.63, 3.8) is 0 Å². The summed E-state index contributed by atoms with van der Waals surface area (Å²) >= 11 is 0.